The summed E-state index contributed by atoms with van der Waals surface area (Å²) in [5, 5.41) is 0. The maximum absolute atomic E-state index is 2.27. The van der Waals surface area contributed by atoms with E-state index in [2.05, 4.69) is 13.8 Å². The van der Waals surface area contributed by atoms with Gasteiger partial charge >= 0.3 is 0 Å². The Labute approximate surface area is 81.0 Å². The number of hydrogen-bond acceptors (Lipinski definition) is 0. The molecule has 0 radical (unpaired) electrons. The van der Waals surface area contributed by atoms with Crippen molar-refractivity contribution in [3.05, 3.63) is 0 Å². The second-order valence-corrected chi connectivity index (χ2v) is 3.96. The normalized spacial score (nSPS) is 9.00. The first-order chi connectivity index (χ1) is 4.41. The molecule has 2 heteroatoms. The van der Waals surface area contributed by atoms with Gasteiger partial charge in [0.1, 0.15) is 0 Å². The fourth-order valence-electron chi connectivity index (χ4n) is 0.729. The van der Waals surface area contributed by atoms with Gasteiger partial charge in [-0.2, -0.15) is 0 Å². The summed E-state index contributed by atoms with van der Waals surface area (Å²) in [7, 11) is 1.25. The predicted molar refractivity (Wildman–Crippen MR) is 47.9 cm³/mol. The van der Waals surface area contributed by atoms with E-state index < -0.39 is 0 Å². The summed E-state index contributed by atoms with van der Waals surface area (Å²) in [4.78, 5) is 0. The molecule has 10 heavy (non-hydrogen) atoms. The van der Waals surface area contributed by atoms with E-state index in [4.69, 9.17) is 0 Å². The van der Waals surface area contributed by atoms with Gasteiger partial charge in [0, 0.05) is 20.4 Å². The van der Waals surface area contributed by atoms with Crippen LogP contribution in [0, 0.1) is 0 Å². The maximum atomic E-state index is 2.27. The molecule has 0 spiro atoms. The van der Waals surface area contributed by atoms with Crippen LogP contribution in [0.3, 0.4) is 0 Å². The molecule has 0 aliphatic heterocycles. The molecule has 0 saturated carbocycles. The molecule has 0 amide bonds. The minimum atomic E-state index is 0. The van der Waals surface area contributed by atoms with Gasteiger partial charge in [-0.3, -0.25) is 0 Å². The van der Waals surface area contributed by atoms with Gasteiger partial charge in [-0.1, -0.05) is 26.7 Å². The van der Waals surface area contributed by atoms with E-state index in [9.17, 15) is 0 Å². The van der Waals surface area contributed by atoms with Crippen LogP contribution in [0.25, 0.3) is 0 Å². The molecule has 0 aliphatic carbocycles. The third-order valence-corrected chi connectivity index (χ3v) is 2.83. The summed E-state index contributed by atoms with van der Waals surface area (Å²) >= 11 is 0. The quantitative estimate of drug-likeness (QED) is 0.387. The van der Waals surface area contributed by atoms with E-state index in [0.717, 1.165) is 0 Å². The molecule has 0 N–H and O–H groups in total. The summed E-state index contributed by atoms with van der Waals surface area (Å²) in [6.45, 7) is 4.54. The van der Waals surface area contributed by atoms with Crippen molar-refractivity contribution in [1.29, 1.82) is 0 Å². The zero-order valence-electron chi connectivity index (χ0n) is 7.06. The Kier molecular flexibility index (Phi) is 17.4. The van der Waals surface area contributed by atoms with E-state index in [1.165, 1.54) is 46.6 Å². The van der Waals surface area contributed by atoms with Gasteiger partial charge in [0.15, 0.2) is 0 Å². The zero-order chi connectivity index (χ0) is 6.95. The Morgan fingerprint density at radius 3 is 1.60 bits per heavy atom. The molecule has 0 atom stereocenters. The van der Waals surface area contributed by atoms with Crippen LogP contribution in [0.1, 0.15) is 39.5 Å². The van der Waals surface area contributed by atoms with Crippen LogP contribution in [0.2, 0.25) is 0 Å². The second kappa shape index (κ2) is 12.7. The molecule has 0 aromatic heterocycles. The number of rotatable bonds is 6. The molecule has 66 valence electrons. The molecule has 0 nitrogen and oxygen atoms in total. The van der Waals surface area contributed by atoms with Crippen molar-refractivity contribution >= 4 is 8.58 Å². The Bertz CT molecular complexity index is 42.5. The van der Waals surface area contributed by atoms with Crippen molar-refractivity contribution in [2.45, 2.75) is 39.5 Å². The van der Waals surface area contributed by atoms with Crippen molar-refractivity contribution in [2.24, 2.45) is 0 Å². The van der Waals surface area contributed by atoms with E-state index in [1.54, 1.807) is 0 Å². The van der Waals surface area contributed by atoms with Crippen LogP contribution in [-0.2, 0) is 20.4 Å². The Morgan fingerprint density at radius 2 is 1.30 bits per heavy atom. The number of unbranched alkanes of at least 4 members (excludes halogenated alkanes) is 2. The van der Waals surface area contributed by atoms with E-state index >= 15 is 0 Å². The summed E-state index contributed by atoms with van der Waals surface area (Å²) in [6, 6.07) is 0. The van der Waals surface area contributed by atoms with Crippen LogP contribution < -0.4 is 0 Å². The van der Waals surface area contributed by atoms with Crippen LogP contribution in [0.5, 0.6) is 0 Å². The van der Waals surface area contributed by atoms with Gasteiger partial charge in [0.25, 0.3) is 0 Å². The Morgan fingerprint density at radius 1 is 0.900 bits per heavy atom. The molecule has 0 fully saturated rings. The van der Waals surface area contributed by atoms with Crippen molar-refractivity contribution in [1.82, 2.24) is 0 Å². The third kappa shape index (κ3) is 11.8. The Hall–Kier alpha value is 1.09. The summed E-state index contributed by atoms with van der Waals surface area (Å²) < 4.78 is 0. The van der Waals surface area contributed by atoms with Gasteiger partial charge in [-0.05, 0) is 25.2 Å². The van der Waals surface area contributed by atoms with Crippen LogP contribution in [-0.4, -0.2) is 12.3 Å². The average molecular weight is 253 g/mol. The van der Waals surface area contributed by atoms with Gasteiger partial charge in [0.2, 0.25) is 0 Å². The van der Waals surface area contributed by atoms with Crippen LogP contribution in [0.4, 0.5) is 0 Å². The van der Waals surface area contributed by atoms with Crippen molar-refractivity contribution in [3.8, 4) is 0 Å². The topological polar surface area (TPSA) is 0 Å². The molecule has 0 unspecified atom stereocenters. The molecular weight excluding hydrogens is 233 g/mol. The standard InChI is InChI=1S/C8H19P.Pd/c1-3-5-7-9-8-6-4-2;/h9H,3-8H2,1-2H3;. The first-order valence-electron chi connectivity index (χ1n) is 4.12. The molecule has 0 aromatic rings. The van der Waals surface area contributed by atoms with Crippen molar-refractivity contribution in [2.75, 3.05) is 12.3 Å². The average Bonchev–Trinajstić information content (AvgIpc) is 1.89. The fraction of sp³-hybridized carbons (Fsp3) is 1.00. The Balaban J connectivity index is 0. The van der Waals surface area contributed by atoms with Gasteiger partial charge in [-0.15, -0.1) is 8.58 Å². The van der Waals surface area contributed by atoms with Crippen molar-refractivity contribution < 1.29 is 20.4 Å². The zero-order valence-corrected chi connectivity index (χ0v) is 9.61. The minimum Gasteiger partial charge on any atom is -0.122 e. The van der Waals surface area contributed by atoms with E-state index in [0.29, 0.717) is 0 Å². The molecular formula is C8H19PPd. The van der Waals surface area contributed by atoms with Crippen LogP contribution >= 0.6 is 8.58 Å². The molecule has 0 rings (SSSR count). The summed E-state index contributed by atoms with van der Waals surface area (Å²) in [5.74, 6) is 0. The first-order valence-corrected chi connectivity index (χ1v) is 5.54. The third-order valence-electron chi connectivity index (χ3n) is 1.41. The molecule has 0 bridgehead atoms. The second-order valence-electron chi connectivity index (χ2n) is 2.46. The van der Waals surface area contributed by atoms with Gasteiger partial charge in [0.05, 0.1) is 0 Å². The maximum Gasteiger partial charge on any atom is 0 e. The summed E-state index contributed by atoms with van der Waals surface area (Å²) in [5.41, 5.74) is 0. The SMILES string of the molecule is CCCCPCCCC.[Pd]. The first kappa shape index (κ1) is 13.7. The van der Waals surface area contributed by atoms with E-state index in [-0.39, 0.29) is 20.4 Å². The molecule has 0 aromatic carbocycles. The van der Waals surface area contributed by atoms with Crippen molar-refractivity contribution in [3.63, 3.8) is 0 Å². The molecule has 0 heterocycles. The van der Waals surface area contributed by atoms with E-state index in [1.807, 2.05) is 0 Å². The monoisotopic (exact) mass is 252 g/mol. The minimum absolute atomic E-state index is 0. The largest absolute Gasteiger partial charge is 0.122 e. The summed E-state index contributed by atoms with van der Waals surface area (Å²) in [6.07, 6.45) is 8.61. The van der Waals surface area contributed by atoms with Crippen LogP contribution in [0.15, 0.2) is 0 Å². The predicted octanol–water partition coefficient (Wildman–Crippen LogP) is 3.26. The fourth-order valence-corrected chi connectivity index (χ4v) is 2.19. The number of hydrogen-bond donors (Lipinski definition) is 0. The van der Waals surface area contributed by atoms with Gasteiger partial charge < -0.3 is 0 Å². The molecule has 0 saturated heterocycles. The van der Waals surface area contributed by atoms with Gasteiger partial charge in [-0.25, -0.2) is 0 Å². The smallest absolute Gasteiger partial charge is 0 e. The molecule has 0 aliphatic rings.